The number of hydrogen-bond acceptors (Lipinski definition) is 10. The molecule has 0 radical (unpaired) electrons. The van der Waals surface area contributed by atoms with Crippen molar-refractivity contribution in [2.45, 2.75) is 11.8 Å². The van der Waals surface area contributed by atoms with Crippen LogP contribution in [0.15, 0.2) is 97.1 Å². The van der Waals surface area contributed by atoms with Crippen LogP contribution in [0.5, 0.6) is 23.0 Å². The molecule has 40 heavy (non-hydrogen) atoms. The monoisotopic (exact) mass is 538 g/mol. The molecule has 2 aliphatic rings. The fraction of sp³-hybridized carbons (Fsp3) is 0.0667. The summed E-state index contributed by atoms with van der Waals surface area (Å²) < 4.78 is 10.6. The van der Waals surface area contributed by atoms with Crippen molar-refractivity contribution in [3.63, 3.8) is 0 Å². The van der Waals surface area contributed by atoms with Crippen molar-refractivity contribution in [2.75, 3.05) is 0 Å². The fourth-order valence-electron chi connectivity index (χ4n) is 4.54. The van der Waals surface area contributed by atoms with Gasteiger partial charge in [0, 0.05) is 11.1 Å². The number of carbonyl (C=O) groups excluding carboxylic acids is 4. The van der Waals surface area contributed by atoms with Crippen LogP contribution in [0.3, 0.4) is 0 Å². The van der Waals surface area contributed by atoms with Gasteiger partial charge in [-0.25, -0.2) is 19.4 Å². The van der Waals surface area contributed by atoms with Crippen molar-refractivity contribution in [2.24, 2.45) is 0 Å². The second-order valence-electron chi connectivity index (χ2n) is 8.84. The summed E-state index contributed by atoms with van der Waals surface area (Å²) in [6.45, 7) is 0. The molecule has 4 aromatic rings. The zero-order valence-corrected chi connectivity index (χ0v) is 20.5. The van der Waals surface area contributed by atoms with Gasteiger partial charge in [-0.05, 0) is 47.5 Å². The van der Waals surface area contributed by atoms with Crippen LogP contribution < -0.4 is 19.2 Å². The number of esters is 2. The van der Waals surface area contributed by atoms with E-state index in [4.69, 9.17) is 19.2 Å². The highest BCUT2D eigenvalue weighted by Gasteiger charge is 2.36. The summed E-state index contributed by atoms with van der Waals surface area (Å²) in [6.07, 6.45) is 0. The average molecular weight is 538 g/mol. The van der Waals surface area contributed by atoms with E-state index in [9.17, 15) is 19.2 Å². The molecule has 2 heterocycles. The summed E-state index contributed by atoms with van der Waals surface area (Å²) in [4.78, 5) is 68.2. The number of fused-ring (bicyclic) bond motifs is 2. The lowest BCUT2D eigenvalue weighted by atomic mass is 9.92. The van der Waals surface area contributed by atoms with Crippen LogP contribution in [0.1, 0.15) is 34.1 Å². The summed E-state index contributed by atoms with van der Waals surface area (Å²) >= 11 is 0. The Morgan fingerprint density at radius 3 is 1.35 bits per heavy atom. The van der Waals surface area contributed by atoms with Crippen molar-refractivity contribution in [3.8, 4) is 23.0 Å². The minimum absolute atomic E-state index is 0.0512. The number of hydrogen-bond donors (Lipinski definition) is 0. The van der Waals surface area contributed by atoms with Gasteiger partial charge in [0.25, 0.3) is 0 Å². The third kappa shape index (κ3) is 4.69. The van der Waals surface area contributed by atoms with E-state index in [1.54, 1.807) is 48.5 Å². The summed E-state index contributed by atoms with van der Waals surface area (Å²) in [5, 5.41) is 0. The highest BCUT2D eigenvalue weighted by Crippen LogP contribution is 2.42. The predicted octanol–water partition coefficient (Wildman–Crippen LogP) is 4.16. The van der Waals surface area contributed by atoms with Gasteiger partial charge in [0.1, 0.15) is 23.3 Å². The van der Waals surface area contributed by atoms with Crippen LogP contribution >= 0.6 is 0 Å². The molecule has 0 N–H and O–H groups in total. The topological polar surface area (TPSA) is 124 Å². The first-order valence-corrected chi connectivity index (χ1v) is 12.1. The quantitative estimate of drug-likeness (QED) is 0.116. The fourth-order valence-corrected chi connectivity index (χ4v) is 4.54. The Bertz CT molecular complexity index is 1510. The molecule has 0 saturated heterocycles. The van der Waals surface area contributed by atoms with Crippen LogP contribution in [0.2, 0.25) is 0 Å². The maximum atomic E-state index is 12.4. The zero-order valence-electron chi connectivity index (χ0n) is 20.5. The van der Waals surface area contributed by atoms with Crippen molar-refractivity contribution >= 4 is 23.9 Å². The standard InChI is InChI=1S/C30H18O10/c31-27-25(17-7-3-1-4-8-17)21-15-19(11-13-23(21)35-27)37-39-29(33)30(34)40-38-20-12-14-24-22(16-20)26(28(32)36-24)18-9-5-2-6-10-18/h1-16,25-26H. The number of carbonyl (C=O) groups is 4. The second-order valence-corrected chi connectivity index (χ2v) is 8.84. The van der Waals surface area contributed by atoms with E-state index >= 15 is 0 Å². The first-order chi connectivity index (χ1) is 19.5. The molecule has 6 rings (SSSR count). The summed E-state index contributed by atoms with van der Waals surface area (Å²) in [6, 6.07) is 26.8. The first-order valence-electron chi connectivity index (χ1n) is 12.1. The lowest BCUT2D eigenvalue weighted by molar-refractivity contribution is -0.241. The molecule has 198 valence electrons. The number of ether oxygens (including phenoxy) is 2. The van der Waals surface area contributed by atoms with Gasteiger partial charge >= 0.3 is 23.9 Å². The predicted molar refractivity (Wildman–Crippen MR) is 134 cm³/mol. The summed E-state index contributed by atoms with van der Waals surface area (Å²) in [5.74, 6) is -4.44. The van der Waals surface area contributed by atoms with Gasteiger partial charge in [0.2, 0.25) is 0 Å². The van der Waals surface area contributed by atoms with E-state index in [2.05, 4.69) is 9.78 Å². The Morgan fingerprint density at radius 2 is 0.950 bits per heavy atom. The minimum atomic E-state index is -1.49. The van der Waals surface area contributed by atoms with E-state index in [1.807, 2.05) is 12.1 Å². The van der Waals surface area contributed by atoms with Gasteiger partial charge in [-0.3, -0.25) is 19.4 Å². The van der Waals surface area contributed by atoms with Gasteiger partial charge in [0.15, 0.2) is 11.5 Å². The number of rotatable bonds is 6. The molecular formula is C30H18O10. The summed E-state index contributed by atoms with van der Waals surface area (Å²) in [5.41, 5.74) is 2.48. The molecule has 0 bridgehead atoms. The zero-order chi connectivity index (χ0) is 27.6. The van der Waals surface area contributed by atoms with E-state index in [0.717, 1.165) is 11.1 Å². The molecule has 10 heteroatoms. The highest BCUT2D eigenvalue weighted by atomic mass is 17.2. The molecule has 2 unspecified atom stereocenters. The van der Waals surface area contributed by atoms with Crippen LogP contribution in [-0.4, -0.2) is 23.9 Å². The molecular weight excluding hydrogens is 520 g/mol. The minimum Gasteiger partial charge on any atom is -0.425 e. The smallest absolute Gasteiger partial charge is 0.425 e. The molecule has 4 aromatic carbocycles. The van der Waals surface area contributed by atoms with Gasteiger partial charge in [-0.1, -0.05) is 60.7 Å². The second kappa shape index (κ2) is 10.3. The van der Waals surface area contributed by atoms with Crippen molar-refractivity contribution in [3.05, 3.63) is 119 Å². The largest absolute Gasteiger partial charge is 0.467 e. The van der Waals surface area contributed by atoms with Crippen LogP contribution in [0, 0.1) is 0 Å². The third-order valence-electron chi connectivity index (χ3n) is 6.34. The van der Waals surface area contributed by atoms with E-state index in [1.165, 1.54) is 36.4 Å². The van der Waals surface area contributed by atoms with Crippen molar-refractivity contribution in [1.29, 1.82) is 0 Å². The Balaban J connectivity index is 1.08. The SMILES string of the molecule is O=C(OOc1ccc2c(c1)C(c1ccccc1)C(=O)O2)C(=O)OOc1ccc2c(c1)C(c1ccccc1)C(=O)O2. The maximum absolute atomic E-state index is 12.4. The van der Waals surface area contributed by atoms with E-state index < -0.39 is 35.7 Å². The Kier molecular flexibility index (Phi) is 6.33. The number of benzene rings is 4. The van der Waals surface area contributed by atoms with E-state index in [-0.39, 0.29) is 11.5 Å². The molecule has 2 aliphatic heterocycles. The average Bonchev–Trinajstić information content (AvgIpc) is 3.49. The van der Waals surface area contributed by atoms with E-state index in [0.29, 0.717) is 22.6 Å². The molecule has 0 saturated carbocycles. The van der Waals surface area contributed by atoms with Crippen molar-refractivity contribution in [1.82, 2.24) is 0 Å². The van der Waals surface area contributed by atoms with Gasteiger partial charge in [-0.2, -0.15) is 0 Å². The van der Waals surface area contributed by atoms with Crippen LogP contribution in [0.4, 0.5) is 0 Å². The van der Waals surface area contributed by atoms with Crippen molar-refractivity contribution < 1.29 is 48.2 Å². The van der Waals surface area contributed by atoms with Gasteiger partial charge in [-0.15, -0.1) is 0 Å². The molecule has 2 atom stereocenters. The molecule has 0 amide bonds. The highest BCUT2D eigenvalue weighted by molar-refractivity contribution is 6.29. The first kappa shape index (κ1) is 24.7. The molecule has 10 nitrogen and oxygen atoms in total. The Hall–Kier alpha value is -5.64. The van der Waals surface area contributed by atoms with Crippen LogP contribution in [0.25, 0.3) is 0 Å². The molecule has 0 aliphatic carbocycles. The third-order valence-corrected chi connectivity index (χ3v) is 6.34. The Labute approximate surface area is 226 Å². The van der Waals surface area contributed by atoms with Gasteiger partial charge in [0.05, 0.1) is 0 Å². The molecule has 0 fully saturated rings. The lowest BCUT2D eigenvalue weighted by Crippen LogP contribution is -2.23. The van der Waals surface area contributed by atoms with Gasteiger partial charge < -0.3 is 9.47 Å². The molecule has 0 spiro atoms. The summed E-state index contributed by atoms with van der Waals surface area (Å²) in [7, 11) is 0. The normalized spacial score (nSPS) is 16.7. The molecule has 0 aromatic heterocycles. The Morgan fingerprint density at radius 1 is 0.550 bits per heavy atom. The van der Waals surface area contributed by atoms with Crippen LogP contribution in [-0.2, 0) is 29.0 Å². The lowest BCUT2D eigenvalue weighted by Gasteiger charge is -2.09. The maximum Gasteiger partial charge on any atom is 0.467 e.